The van der Waals surface area contributed by atoms with E-state index in [1.54, 1.807) is 11.1 Å². The number of para-hydroxylation sites is 1. The molecule has 1 fully saturated rings. The molecule has 1 aliphatic heterocycles. The van der Waals surface area contributed by atoms with Gasteiger partial charge in [0, 0.05) is 40.6 Å². The van der Waals surface area contributed by atoms with Gasteiger partial charge in [0.2, 0.25) is 0 Å². The molecule has 4 aromatic carbocycles. The lowest BCUT2D eigenvalue weighted by atomic mass is 9.71. The summed E-state index contributed by atoms with van der Waals surface area (Å²) in [5, 5.41) is 0. The highest BCUT2D eigenvalue weighted by atomic mass is 15.2. The van der Waals surface area contributed by atoms with Crippen LogP contribution in [0.1, 0.15) is 151 Å². The average molecular weight is 1100 g/mol. The topological polar surface area (TPSA) is 41.9 Å². The highest BCUT2D eigenvalue weighted by Crippen LogP contribution is 2.64. The molecular formula is C80H82N4. The minimum Gasteiger partial charge on any atom is -0.314 e. The highest BCUT2D eigenvalue weighted by molar-refractivity contribution is 5.83. The lowest BCUT2D eigenvalue weighted by Crippen LogP contribution is -2.24. The molecule has 0 radical (unpaired) electrons. The maximum atomic E-state index is 5.28. The van der Waals surface area contributed by atoms with Gasteiger partial charge < -0.3 is 4.90 Å². The molecule has 5 aromatic rings. The van der Waals surface area contributed by atoms with Crippen LogP contribution in [-0.4, -0.2) is 15.0 Å². The van der Waals surface area contributed by atoms with Gasteiger partial charge in [0.25, 0.3) is 0 Å². The summed E-state index contributed by atoms with van der Waals surface area (Å²) in [6.45, 7) is 7.05. The first-order chi connectivity index (χ1) is 41.4. The number of allylic oxidation sites excluding steroid dienone is 28. The van der Waals surface area contributed by atoms with Crippen LogP contribution in [0.4, 0.5) is 11.4 Å². The summed E-state index contributed by atoms with van der Waals surface area (Å²) in [5.74, 6) is 4.95. The van der Waals surface area contributed by atoms with E-state index in [-0.39, 0.29) is 5.41 Å². The van der Waals surface area contributed by atoms with Gasteiger partial charge in [-0.3, -0.25) is 0 Å². The molecule has 8 aliphatic rings. The molecule has 6 unspecified atom stereocenters. The summed E-state index contributed by atoms with van der Waals surface area (Å²) in [7, 11) is 0. The largest absolute Gasteiger partial charge is 0.314 e. The van der Waals surface area contributed by atoms with Crippen LogP contribution in [-0.2, 0) is 6.42 Å². The average Bonchev–Trinajstić information content (AvgIpc) is 2.43. The van der Waals surface area contributed by atoms with Crippen molar-refractivity contribution in [3.05, 3.63) is 270 Å². The second-order valence-corrected chi connectivity index (χ2v) is 24.9. The van der Waals surface area contributed by atoms with Crippen LogP contribution in [0.15, 0.2) is 235 Å². The molecule has 4 heteroatoms. The van der Waals surface area contributed by atoms with Crippen molar-refractivity contribution < 1.29 is 0 Å². The van der Waals surface area contributed by atoms with Crippen molar-refractivity contribution >= 4 is 33.7 Å². The van der Waals surface area contributed by atoms with Gasteiger partial charge in [-0.1, -0.05) is 209 Å². The van der Waals surface area contributed by atoms with E-state index in [4.69, 9.17) is 15.0 Å². The number of fused-ring (bicyclic) bond motifs is 5. The molecule has 7 aliphatic carbocycles. The smallest absolute Gasteiger partial charge is 0.160 e. The molecule has 1 saturated carbocycles. The van der Waals surface area contributed by atoms with Gasteiger partial charge in [-0.15, -0.1) is 0 Å². The lowest BCUT2D eigenvalue weighted by molar-refractivity contribution is 0.320. The summed E-state index contributed by atoms with van der Waals surface area (Å²) in [4.78, 5) is 18.2. The Morgan fingerprint density at radius 1 is 0.655 bits per heavy atom. The summed E-state index contributed by atoms with van der Waals surface area (Å²) in [6, 6.07) is 34.7. The van der Waals surface area contributed by atoms with Crippen molar-refractivity contribution in [1.29, 1.82) is 0 Å². The molecule has 0 spiro atoms. The first-order valence-electron chi connectivity index (χ1n) is 31.9. The molecule has 84 heavy (non-hydrogen) atoms. The van der Waals surface area contributed by atoms with Crippen LogP contribution in [0, 0.1) is 35.0 Å². The van der Waals surface area contributed by atoms with Crippen molar-refractivity contribution in [2.24, 2.45) is 35.0 Å². The zero-order valence-electron chi connectivity index (χ0n) is 49.8. The third-order valence-corrected chi connectivity index (χ3v) is 19.5. The number of hydrogen-bond donors (Lipinski definition) is 0. The van der Waals surface area contributed by atoms with Crippen LogP contribution in [0.3, 0.4) is 0 Å². The van der Waals surface area contributed by atoms with Crippen LogP contribution >= 0.6 is 0 Å². The Morgan fingerprint density at radius 2 is 1.45 bits per heavy atom. The predicted molar refractivity (Wildman–Crippen MR) is 355 cm³/mol. The van der Waals surface area contributed by atoms with E-state index in [9.17, 15) is 0 Å². The molecule has 2 heterocycles. The van der Waals surface area contributed by atoms with E-state index in [2.05, 4.69) is 244 Å². The number of benzene rings is 4. The summed E-state index contributed by atoms with van der Waals surface area (Å²) < 4.78 is 0. The zero-order chi connectivity index (χ0) is 56.8. The van der Waals surface area contributed by atoms with Crippen LogP contribution < -0.4 is 4.90 Å². The molecule has 0 saturated heterocycles. The molecule has 0 amide bonds. The maximum Gasteiger partial charge on any atom is 0.160 e. The molecule has 0 bridgehead atoms. The predicted octanol–water partition coefficient (Wildman–Crippen LogP) is 21.2. The standard InChI is InChI=1S/C80H82N4/c1-4-68(40-14-9-21-49-80-50-26-45-73(74(80)55-80)79-82-77(60-30-11-5-6-12-31-60)81-78(83-79)70-42-15-7-10-27-57(70)3)84-75-46-20-17-32-66(75)54-67-53-65(47-48-76(67)84)64-39-25-38-63(52-64)62-37-24-36-61(51-62)58-33-22-28-56(2)69-41-18-19-44-72(69)71-43-16-8-13-29-59(71)35-23-34-58/h5-7,9-12,14,16-17,19-20,22,24-26,28,30,32,34,36-40,42-48,50-53,56-57,69,72,74H,4,8,13,15,18,21,23,27,29,31,33,35,41,49,54-55H2,1-3H3/b14-9-,28-22-,58-34+,68-40+. The van der Waals surface area contributed by atoms with Crippen molar-refractivity contribution in [3.63, 3.8) is 0 Å². The van der Waals surface area contributed by atoms with E-state index in [1.165, 1.54) is 105 Å². The summed E-state index contributed by atoms with van der Waals surface area (Å²) in [6.07, 6.45) is 66.2. The number of anilines is 2. The fourth-order valence-electron chi connectivity index (χ4n) is 14.7. The van der Waals surface area contributed by atoms with Crippen molar-refractivity contribution in [2.75, 3.05) is 4.90 Å². The number of aromatic nitrogens is 3. The van der Waals surface area contributed by atoms with E-state index < -0.39 is 0 Å². The Bertz CT molecular complexity index is 3770. The monoisotopic (exact) mass is 1100 g/mol. The molecule has 1 aromatic heterocycles. The van der Waals surface area contributed by atoms with Crippen molar-refractivity contribution in [2.45, 2.75) is 124 Å². The number of rotatable bonds is 12. The molecule has 6 atom stereocenters. The first kappa shape index (κ1) is 55.3. The van der Waals surface area contributed by atoms with Gasteiger partial charge in [0.05, 0.1) is 0 Å². The van der Waals surface area contributed by atoms with Crippen LogP contribution in [0.5, 0.6) is 0 Å². The zero-order valence-corrected chi connectivity index (χ0v) is 49.8. The third-order valence-electron chi connectivity index (χ3n) is 19.5. The Labute approximate surface area is 501 Å². The quantitative estimate of drug-likeness (QED) is 0.0922. The SMILES string of the molecule is CC/C(=C\C=C/CCC12C=CC=C(c3nc(C4=CC=CC=CC4)nc(C4=CCC=CCC4C)n3)C1C2)N1c2ccccc2Cc2cc(-c3cccc(-c4cccc(/C5=C/CCC6=C(C=CCCC6)C6C=CCCC6C(C)/C=C\C5)c4)c3)ccc21. The van der Waals surface area contributed by atoms with E-state index in [1.807, 2.05) is 0 Å². The Hall–Kier alpha value is -7.95. The minimum absolute atomic E-state index is 0.130. The van der Waals surface area contributed by atoms with Gasteiger partial charge in [-0.2, -0.15) is 0 Å². The second kappa shape index (κ2) is 25.1. The fraction of sp³-hybridized carbons (Fsp3) is 0.312. The molecule has 4 nitrogen and oxygen atoms in total. The Balaban J connectivity index is 0.714. The van der Waals surface area contributed by atoms with Crippen LogP contribution in [0.2, 0.25) is 0 Å². The number of hydrogen-bond acceptors (Lipinski definition) is 4. The normalized spacial score (nSPS) is 25.7. The Morgan fingerprint density at radius 3 is 2.33 bits per heavy atom. The van der Waals surface area contributed by atoms with Crippen molar-refractivity contribution in [3.8, 4) is 22.3 Å². The highest BCUT2D eigenvalue weighted by Gasteiger charge is 2.55. The van der Waals surface area contributed by atoms with E-state index in [0.29, 0.717) is 29.6 Å². The van der Waals surface area contributed by atoms with E-state index >= 15 is 0 Å². The van der Waals surface area contributed by atoms with Gasteiger partial charge >= 0.3 is 0 Å². The maximum absolute atomic E-state index is 5.28. The van der Waals surface area contributed by atoms with Gasteiger partial charge in [0.15, 0.2) is 17.5 Å². The third kappa shape index (κ3) is 11.8. The molecule has 422 valence electrons. The van der Waals surface area contributed by atoms with Crippen molar-refractivity contribution in [1.82, 2.24) is 15.0 Å². The van der Waals surface area contributed by atoms with Crippen LogP contribution in [0.25, 0.3) is 44.5 Å². The summed E-state index contributed by atoms with van der Waals surface area (Å²) >= 11 is 0. The fourth-order valence-corrected chi connectivity index (χ4v) is 14.7. The Kier molecular flexibility index (Phi) is 16.5. The number of nitrogens with zero attached hydrogens (tertiary/aromatic N) is 4. The molecule has 0 N–H and O–H groups in total. The summed E-state index contributed by atoms with van der Waals surface area (Å²) in [5.41, 5.74) is 21.4. The first-order valence-corrected chi connectivity index (χ1v) is 31.9. The lowest BCUT2D eigenvalue weighted by Gasteiger charge is -2.35. The van der Waals surface area contributed by atoms with Gasteiger partial charge in [-0.25, -0.2) is 15.0 Å². The minimum atomic E-state index is 0.130. The van der Waals surface area contributed by atoms with E-state index in [0.717, 1.165) is 93.7 Å². The molecule has 13 rings (SSSR count). The van der Waals surface area contributed by atoms with Gasteiger partial charge in [-0.05, 0) is 217 Å². The molecular weight excluding hydrogens is 1020 g/mol. The van der Waals surface area contributed by atoms with Gasteiger partial charge in [0.1, 0.15) is 0 Å². The second-order valence-electron chi connectivity index (χ2n) is 24.9.